The normalized spacial score (nSPS) is 10.8. The molecule has 2 aromatic heterocycles. The van der Waals surface area contributed by atoms with Crippen molar-refractivity contribution in [3.63, 3.8) is 0 Å². The van der Waals surface area contributed by atoms with Crippen molar-refractivity contribution in [3.05, 3.63) is 35.3 Å². The predicted molar refractivity (Wildman–Crippen MR) is 82.1 cm³/mol. The summed E-state index contributed by atoms with van der Waals surface area (Å²) in [7, 11) is 0. The van der Waals surface area contributed by atoms with Crippen LogP contribution in [0.4, 0.5) is 10.5 Å². The maximum atomic E-state index is 11.9. The number of nitrogens with one attached hydrogen (secondary N) is 1. The largest absolute Gasteiger partial charge is 0.444 e. The molecule has 2 aromatic rings. The molecule has 5 nitrogen and oxygen atoms in total. The first kappa shape index (κ1) is 15.0. The van der Waals surface area contributed by atoms with E-state index in [9.17, 15) is 4.79 Å². The molecular formula is C15H15N3O2S. The summed E-state index contributed by atoms with van der Waals surface area (Å²) in [5.41, 5.74) is 0.608. The van der Waals surface area contributed by atoms with Crippen LogP contribution in [-0.4, -0.2) is 16.7 Å². The molecular weight excluding hydrogens is 286 g/mol. The summed E-state index contributed by atoms with van der Waals surface area (Å²) < 4.78 is 5.23. The van der Waals surface area contributed by atoms with Gasteiger partial charge in [-0.1, -0.05) is 0 Å². The van der Waals surface area contributed by atoms with Crippen LogP contribution in [0.2, 0.25) is 0 Å². The number of amides is 1. The highest BCUT2D eigenvalue weighted by Gasteiger charge is 2.18. The number of carbonyl (C=O) groups excluding carboxylic acids is 1. The van der Waals surface area contributed by atoms with Crippen LogP contribution in [0.3, 0.4) is 0 Å². The van der Waals surface area contributed by atoms with Gasteiger partial charge in [-0.15, -0.1) is 11.3 Å². The molecule has 2 rings (SSSR count). The lowest BCUT2D eigenvalue weighted by atomic mass is 10.2. The quantitative estimate of drug-likeness (QED) is 0.908. The van der Waals surface area contributed by atoms with Crippen LogP contribution in [-0.2, 0) is 4.74 Å². The zero-order valence-electron chi connectivity index (χ0n) is 12.0. The highest BCUT2D eigenvalue weighted by atomic mass is 32.1. The van der Waals surface area contributed by atoms with Crippen LogP contribution in [0.25, 0.3) is 10.6 Å². The SMILES string of the molecule is CC(C)(C)OC(=O)Nc1cccnc1-c1ccc(C#N)s1. The molecule has 6 heteroatoms. The lowest BCUT2D eigenvalue weighted by Crippen LogP contribution is -2.27. The number of hydrogen-bond donors (Lipinski definition) is 1. The van der Waals surface area contributed by atoms with E-state index in [-0.39, 0.29) is 0 Å². The average Bonchev–Trinajstić information content (AvgIpc) is 2.85. The van der Waals surface area contributed by atoms with Crippen molar-refractivity contribution < 1.29 is 9.53 Å². The number of hydrogen-bond acceptors (Lipinski definition) is 5. The molecule has 0 unspecified atom stereocenters. The van der Waals surface area contributed by atoms with Gasteiger partial charge in [0.1, 0.15) is 22.2 Å². The first-order valence-electron chi connectivity index (χ1n) is 6.34. The fourth-order valence-corrected chi connectivity index (χ4v) is 2.46. The van der Waals surface area contributed by atoms with Crippen molar-refractivity contribution in [2.75, 3.05) is 5.32 Å². The van der Waals surface area contributed by atoms with Crippen molar-refractivity contribution in [3.8, 4) is 16.6 Å². The third kappa shape index (κ3) is 4.04. The van der Waals surface area contributed by atoms with E-state index in [1.54, 1.807) is 45.2 Å². The molecule has 0 radical (unpaired) electrons. The Morgan fingerprint density at radius 2 is 2.14 bits per heavy atom. The van der Waals surface area contributed by atoms with Crippen molar-refractivity contribution >= 4 is 23.1 Å². The summed E-state index contributed by atoms with van der Waals surface area (Å²) >= 11 is 1.32. The van der Waals surface area contributed by atoms with Gasteiger partial charge in [-0.05, 0) is 45.0 Å². The van der Waals surface area contributed by atoms with E-state index < -0.39 is 11.7 Å². The van der Waals surface area contributed by atoms with Crippen molar-refractivity contribution in [2.45, 2.75) is 26.4 Å². The van der Waals surface area contributed by atoms with E-state index in [0.717, 1.165) is 4.88 Å². The van der Waals surface area contributed by atoms with Gasteiger partial charge in [0, 0.05) is 6.20 Å². The maximum Gasteiger partial charge on any atom is 0.412 e. The molecule has 1 amide bonds. The Bertz CT molecular complexity index is 695. The molecule has 0 atom stereocenters. The van der Waals surface area contributed by atoms with Gasteiger partial charge in [0.25, 0.3) is 0 Å². The van der Waals surface area contributed by atoms with Gasteiger partial charge in [0.2, 0.25) is 0 Å². The molecule has 21 heavy (non-hydrogen) atoms. The number of nitriles is 1. The minimum atomic E-state index is -0.566. The number of carbonyl (C=O) groups is 1. The summed E-state index contributed by atoms with van der Waals surface area (Å²) in [5, 5.41) is 11.6. The average molecular weight is 301 g/mol. The van der Waals surface area contributed by atoms with E-state index in [1.807, 2.05) is 6.07 Å². The molecule has 0 saturated heterocycles. The molecule has 108 valence electrons. The molecule has 1 N–H and O–H groups in total. The number of rotatable bonds is 2. The van der Waals surface area contributed by atoms with Gasteiger partial charge in [-0.2, -0.15) is 5.26 Å². The number of anilines is 1. The second kappa shape index (κ2) is 5.94. The standard InChI is InChI=1S/C15H15N3O2S/c1-15(2,3)20-14(19)18-11-5-4-8-17-13(11)12-7-6-10(9-16)21-12/h4-8H,1-3H3,(H,18,19). The van der Waals surface area contributed by atoms with Crippen molar-refractivity contribution in [1.82, 2.24) is 4.98 Å². The third-order valence-corrected chi connectivity index (χ3v) is 3.39. The first-order chi connectivity index (χ1) is 9.89. The van der Waals surface area contributed by atoms with E-state index in [1.165, 1.54) is 11.3 Å². The summed E-state index contributed by atoms with van der Waals surface area (Å²) in [4.78, 5) is 17.6. The van der Waals surface area contributed by atoms with Gasteiger partial charge in [0.15, 0.2) is 0 Å². The Morgan fingerprint density at radius 1 is 1.38 bits per heavy atom. The fourth-order valence-electron chi connectivity index (χ4n) is 1.64. The van der Waals surface area contributed by atoms with Crippen LogP contribution in [0.15, 0.2) is 30.5 Å². The lowest BCUT2D eigenvalue weighted by molar-refractivity contribution is 0.0636. The highest BCUT2D eigenvalue weighted by Crippen LogP contribution is 2.31. The Balaban J connectivity index is 2.25. The topological polar surface area (TPSA) is 75.0 Å². The summed E-state index contributed by atoms with van der Waals surface area (Å²) in [6.07, 6.45) is 1.11. The molecule has 0 aromatic carbocycles. The Kier molecular flexibility index (Phi) is 4.24. The third-order valence-electron chi connectivity index (χ3n) is 2.39. The van der Waals surface area contributed by atoms with Gasteiger partial charge in [-0.3, -0.25) is 10.3 Å². The van der Waals surface area contributed by atoms with Crippen LogP contribution in [0.5, 0.6) is 0 Å². The number of ether oxygens (including phenoxy) is 1. The zero-order valence-corrected chi connectivity index (χ0v) is 12.8. The first-order valence-corrected chi connectivity index (χ1v) is 7.16. The lowest BCUT2D eigenvalue weighted by Gasteiger charge is -2.20. The van der Waals surface area contributed by atoms with Crippen LogP contribution in [0.1, 0.15) is 25.6 Å². The zero-order chi connectivity index (χ0) is 15.5. The number of nitrogens with zero attached hydrogens (tertiary/aromatic N) is 2. The predicted octanol–water partition coefficient (Wildman–Crippen LogP) is 4.03. The fraction of sp³-hybridized carbons (Fsp3) is 0.267. The van der Waals surface area contributed by atoms with Gasteiger partial charge in [-0.25, -0.2) is 4.79 Å². The molecule has 0 spiro atoms. The van der Waals surface area contributed by atoms with Crippen LogP contribution < -0.4 is 5.32 Å². The van der Waals surface area contributed by atoms with E-state index in [2.05, 4.69) is 16.4 Å². The second-order valence-electron chi connectivity index (χ2n) is 5.30. The summed E-state index contributed by atoms with van der Waals surface area (Å²) in [6, 6.07) is 9.11. The van der Waals surface area contributed by atoms with Crippen molar-refractivity contribution in [1.29, 1.82) is 5.26 Å². The molecule has 0 bridgehead atoms. The summed E-state index contributed by atoms with van der Waals surface area (Å²) in [5.74, 6) is 0. The number of pyridine rings is 1. The Hall–Kier alpha value is -2.39. The molecule has 2 heterocycles. The maximum absolute atomic E-state index is 11.9. The molecule has 0 aliphatic heterocycles. The van der Waals surface area contributed by atoms with Crippen LogP contribution in [0, 0.1) is 11.3 Å². The van der Waals surface area contributed by atoms with E-state index >= 15 is 0 Å². The number of thiophene rings is 1. The Labute approximate surface area is 127 Å². The molecule has 0 fully saturated rings. The van der Waals surface area contributed by atoms with Crippen molar-refractivity contribution in [2.24, 2.45) is 0 Å². The smallest absolute Gasteiger partial charge is 0.412 e. The van der Waals surface area contributed by atoms with Gasteiger partial charge in [0.05, 0.1) is 10.6 Å². The molecule has 0 aliphatic carbocycles. The Morgan fingerprint density at radius 3 is 2.76 bits per heavy atom. The second-order valence-corrected chi connectivity index (χ2v) is 6.39. The van der Waals surface area contributed by atoms with E-state index in [0.29, 0.717) is 16.3 Å². The number of aromatic nitrogens is 1. The molecule has 0 aliphatic rings. The minimum Gasteiger partial charge on any atom is -0.444 e. The van der Waals surface area contributed by atoms with Gasteiger partial charge >= 0.3 is 6.09 Å². The van der Waals surface area contributed by atoms with Gasteiger partial charge < -0.3 is 4.74 Å². The minimum absolute atomic E-state index is 0.534. The van der Waals surface area contributed by atoms with E-state index in [4.69, 9.17) is 10.00 Å². The monoisotopic (exact) mass is 301 g/mol. The summed E-state index contributed by atoms with van der Waals surface area (Å²) in [6.45, 7) is 5.40. The highest BCUT2D eigenvalue weighted by molar-refractivity contribution is 7.16. The van der Waals surface area contributed by atoms with Crippen LogP contribution >= 0.6 is 11.3 Å². The molecule has 0 saturated carbocycles.